The van der Waals surface area contributed by atoms with E-state index < -0.39 is 5.78 Å². The molecule has 4 nitrogen and oxygen atoms in total. The normalized spacial score (nSPS) is 14.7. The Kier molecular flexibility index (Phi) is 4.49. The first-order valence-electron chi connectivity index (χ1n) is 9.33. The third-order valence-electron chi connectivity index (χ3n) is 5.09. The lowest BCUT2D eigenvalue weighted by Crippen LogP contribution is -2.20. The van der Waals surface area contributed by atoms with Gasteiger partial charge in [-0.15, -0.1) is 0 Å². The van der Waals surface area contributed by atoms with Gasteiger partial charge < -0.3 is 10.2 Å². The standard InChI is InChI=1S/C24H26O4/c1-23(2,3)16-10-13(11-17(22(16)28)24(4,5)6)15-12-19(26)14-8-7-9-18(25)20(14)21(15)27/h7-12,25,28H,1-6H3. The number of ketones is 2. The molecule has 146 valence electrons. The number of fused-ring (bicyclic) bond motifs is 1. The van der Waals surface area contributed by atoms with E-state index in [2.05, 4.69) is 0 Å². The number of Topliss-reactive ketones (excluding diaryl/α,β-unsaturated/α-hetero) is 1. The van der Waals surface area contributed by atoms with Gasteiger partial charge in [-0.05, 0) is 40.7 Å². The van der Waals surface area contributed by atoms with Crippen molar-refractivity contribution in [3.8, 4) is 11.5 Å². The zero-order valence-electron chi connectivity index (χ0n) is 17.2. The lowest BCUT2D eigenvalue weighted by molar-refractivity contribution is 0.0999. The number of carbonyl (C=O) groups is 2. The van der Waals surface area contributed by atoms with E-state index in [1.807, 2.05) is 41.5 Å². The molecule has 0 amide bonds. The number of rotatable bonds is 1. The molecule has 0 bridgehead atoms. The predicted molar refractivity (Wildman–Crippen MR) is 110 cm³/mol. The van der Waals surface area contributed by atoms with Gasteiger partial charge in [-0.25, -0.2) is 0 Å². The highest BCUT2D eigenvalue weighted by atomic mass is 16.3. The maximum absolute atomic E-state index is 13.1. The number of benzene rings is 2. The Balaban J connectivity index is 2.29. The van der Waals surface area contributed by atoms with Crippen LogP contribution in [-0.4, -0.2) is 21.8 Å². The van der Waals surface area contributed by atoms with Gasteiger partial charge in [-0.3, -0.25) is 9.59 Å². The van der Waals surface area contributed by atoms with Crippen molar-refractivity contribution in [1.29, 1.82) is 0 Å². The highest BCUT2D eigenvalue weighted by Crippen LogP contribution is 2.42. The van der Waals surface area contributed by atoms with E-state index in [4.69, 9.17) is 0 Å². The molecule has 0 heterocycles. The topological polar surface area (TPSA) is 74.6 Å². The number of allylic oxidation sites excluding steroid dienone is 2. The Labute approximate surface area is 165 Å². The van der Waals surface area contributed by atoms with Gasteiger partial charge in [-0.1, -0.05) is 53.7 Å². The van der Waals surface area contributed by atoms with Crippen molar-refractivity contribution < 1.29 is 19.8 Å². The second-order valence-corrected chi connectivity index (χ2v) is 9.37. The van der Waals surface area contributed by atoms with Crippen LogP contribution in [0, 0.1) is 0 Å². The summed E-state index contributed by atoms with van der Waals surface area (Å²) in [6, 6.07) is 8.04. The fourth-order valence-electron chi connectivity index (χ4n) is 3.54. The molecule has 1 aliphatic rings. The van der Waals surface area contributed by atoms with Gasteiger partial charge >= 0.3 is 0 Å². The lowest BCUT2D eigenvalue weighted by atomic mass is 9.76. The summed E-state index contributed by atoms with van der Waals surface area (Å²) >= 11 is 0. The summed E-state index contributed by atoms with van der Waals surface area (Å²) in [6.45, 7) is 11.9. The highest BCUT2D eigenvalue weighted by molar-refractivity contribution is 6.39. The number of aromatic hydroxyl groups is 2. The molecule has 2 aromatic carbocycles. The summed E-state index contributed by atoms with van der Waals surface area (Å²) in [7, 11) is 0. The van der Waals surface area contributed by atoms with Gasteiger partial charge in [0.25, 0.3) is 0 Å². The van der Waals surface area contributed by atoms with E-state index in [0.717, 1.165) is 0 Å². The minimum absolute atomic E-state index is 0.0349. The van der Waals surface area contributed by atoms with Gasteiger partial charge in [-0.2, -0.15) is 0 Å². The van der Waals surface area contributed by atoms with Crippen LogP contribution in [0.4, 0.5) is 0 Å². The summed E-state index contributed by atoms with van der Waals surface area (Å²) < 4.78 is 0. The van der Waals surface area contributed by atoms with E-state index in [1.165, 1.54) is 12.1 Å². The Morgan fingerprint density at radius 3 is 1.86 bits per heavy atom. The smallest absolute Gasteiger partial charge is 0.198 e. The van der Waals surface area contributed by atoms with Crippen molar-refractivity contribution in [3.05, 3.63) is 64.2 Å². The van der Waals surface area contributed by atoms with Crippen molar-refractivity contribution in [2.75, 3.05) is 0 Å². The molecule has 0 aromatic heterocycles. The van der Waals surface area contributed by atoms with Crippen LogP contribution < -0.4 is 0 Å². The molecule has 4 heteroatoms. The van der Waals surface area contributed by atoms with Gasteiger partial charge in [0.2, 0.25) is 0 Å². The van der Waals surface area contributed by atoms with E-state index in [1.54, 1.807) is 24.3 Å². The molecule has 0 atom stereocenters. The summed E-state index contributed by atoms with van der Waals surface area (Å²) in [5.74, 6) is -0.698. The molecule has 0 saturated heterocycles. The summed E-state index contributed by atoms with van der Waals surface area (Å²) in [5, 5.41) is 21.1. The fraction of sp³-hybridized carbons (Fsp3) is 0.333. The van der Waals surface area contributed by atoms with Crippen LogP contribution in [0.25, 0.3) is 5.57 Å². The van der Waals surface area contributed by atoms with Crippen LogP contribution in [-0.2, 0) is 10.8 Å². The zero-order chi connectivity index (χ0) is 21.0. The van der Waals surface area contributed by atoms with Crippen LogP contribution in [0.3, 0.4) is 0 Å². The summed E-state index contributed by atoms with van der Waals surface area (Å²) in [6.07, 6.45) is 1.33. The number of carbonyl (C=O) groups excluding carboxylic acids is 2. The molecule has 28 heavy (non-hydrogen) atoms. The van der Waals surface area contributed by atoms with Crippen LogP contribution in [0.2, 0.25) is 0 Å². The molecule has 3 rings (SSSR count). The van der Waals surface area contributed by atoms with E-state index in [9.17, 15) is 19.8 Å². The average Bonchev–Trinajstić information content (AvgIpc) is 2.56. The van der Waals surface area contributed by atoms with Crippen molar-refractivity contribution in [1.82, 2.24) is 0 Å². The minimum Gasteiger partial charge on any atom is -0.507 e. The largest absolute Gasteiger partial charge is 0.507 e. The molecular formula is C24H26O4. The van der Waals surface area contributed by atoms with Crippen molar-refractivity contribution in [2.45, 2.75) is 52.4 Å². The second-order valence-electron chi connectivity index (χ2n) is 9.37. The zero-order valence-corrected chi connectivity index (χ0v) is 17.2. The SMILES string of the molecule is CC(C)(C)c1cc(C2=CC(=O)c3cccc(O)c3C2=O)cc(C(C)(C)C)c1O. The molecule has 0 unspecified atom stereocenters. The van der Waals surface area contributed by atoms with Crippen molar-refractivity contribution >= 4 is 17.1 Å². The molecule has 2 aromatic rings. The Morgan fingerprint density at radius 2 is 1.36 bits per heavy atom. The van der Waals surface area contributed by atoms with E-state index >= 15 is 0 Å². The second kappa shape index (κ2) is 6.33. The first-order chi connectivity index (χ1) is 12.8. The van der Waals surface area contributed by atoms with Gasteiger partial charge in [0.15, 0.2) is 11.6 Å². The van der Waals surface area contributed by atoms with Gasteiger partial charge in [0.1, 0.15) is 11.5 Å². The van der Waals surface area contributed by atoms with Crippen LogP contribution in [0.5, 0.6) is 11.5 Å². The molecule has 2 N–H and O–H groups in total. The number of hydrogen-bond donors (Lipinski definition) is 2. The monoisotopic (exact) mass is 378 g/mol. The molecule has 0 aliphatic heterocycles. The van der Waals surface area contributed by atoms with Crippen LogP contribution in [0.15, 0.2) is 36.4 Å². The Morgan fingerprint density at radius 1 is 0.821 bits per heavy atom. The minimum atomic E-state index is -0.391. The Hall–Kier alpha value is -2.88. The van der Waals surface area contributed by atoms with Gasteiger partial charge in [0, 0.05) is 22.3 Å². The molecule has 0 fully saturated rings. The molecule has 0 radical (unpaired) electrons. The predicted octanol–water partition coefficient (Wildman–Crippen LogP) is 5.16. The maximum Gasteiger partial charge on any atom is 0.198 e. The first-order valence-corrected chi connectivity index (χ1v) is 9.33. The number of phenols is 2. The lowest BCUT2D eigenvalue weighted by Gasteiger charge is -2.29. The third kappa shape index (κ3) is 3.24. The van der Waals surface area contributed by atoms with Crippen molar-refractivity contribution in [3.63, 3.8) is 0 Å². The third-order valence-corrected chi connectivity index (χ3v) is 5.09. The molecular weight excluding hydrogens is 352 g/mol. The maximum atomic E-state index is 13.1. The molecule has 0 saturated carbocycles. The quantitative estimate of drug-likeness (QED) is 0.719. The summed E-state index contributed by atoms with van der Waals surface area (Å²) in [5.41, 5.74) is 1.74. The number of hydrogen-bond acceptors (Lipinski definition) is 4. The number of phenolic OH excluding ortho intramolecular Hbond substituents is 2. The average molecular weight is 378 g/mol. The van der Waals surface area contributed by atoms with Gasteiger partial charge in [0.05, 0.1) is 5.56 Å². The first kappa shape index (κ1) is 19.9. The van der Waals surface area contributed by atoms with E-state index in [0.29, 0.717) is 16.7 Å². The fourth-order valence-corrected chi connectivity index (χ4v) is 3.54. The Bertz CT molecular complexity index is 993. The van der Waals surface area contributed by atoms with Crippen LogP contribution >= 0.6 is 0 Å². The summed E-state index contributed by atoms with van der Waals surface area (Å²) in [4.78, 5) is 25.8. The van der Waals surface area contributed by atoms with E-state index in [-0.39, 0.29) is 44.8 Å². The molecule has 0 spiro atoms. The molecule has 1 aliphatic carbocycles. The van der Waals surface area contributed by atoms with Crippen molar-refractivity contribution in [2.24, 2.45) is 0 Å². The highest BCUT2D eigenvalue weighted by Gasteiger charge is 2.32. The van der Waals surface area contributed by atoms with Crippen LogP contribution in [0.1, 0.15) is 78.9 Å².